The first-order chi connectivity index (χ1) is 13.0. The van der Waals surface area contributed by atoms with Crippen LogP contribution in [0.25, 0.3) is 0 Å². The average molecular weight is 388 g/mol. The first-order valence-corrected chi connectivity index (χ1v) is 10.5. The van der Waals surface area contributed by atoms with Gasteiger partial charge in [-0.1, -0.05) is 41.5 Å². The van der Waals surface area contributed by atoms with Gasteiger partial charge in [-0.3, -0.25) is 9.59 Å². The molecule has 0 aliphatic carbocycles. The fourth-order valence-electron chi connectivity index (χ4n) is 3.80. The molecular formula is C23H37N3O2. The molecule has 0 radical (unpaired) electrons. The Hall–Kier alpha value is -2.04. The first kappa shape index (κ1) is 22.3. The number of hydrogen-bond acceptors (Lipinski definition) is 3. The molecule has 0 unspecified atom stereocenters. The van der Waals surface area contributed by atoms with Crippen LogP contribution in [-0.2, 0) is 9.59 Å². The van der Waals surface area contributed by atoms with E-state index in [2.05, 4.69) is 37.9 Å². The maximum atomic E-state index is 12.6. The van der Waals surface area contributed by atoms with Gasteiger partial charge in [0.2, 0.25) is 11.8 Å². The quantitative estimate of drug-likeness (QED) is 0.787. The van der Waals surface area contributed by atoms with Gasteiger partial charge in [0.25, 0.3) is 0 Å². The molecule has 0 bridgehead atoms. The van der Waals surface area contributed by atoms with Crippen molar-refractivity contribution < 1.29 is 9.59 Å². The van der Waals surface area contributed by atoms with Crippen molar-refractivity contribution in [1.82, 2.24) is 4.90 Å². The van der Waals surface area contributed by atoms with Gasteiger partial charge in [0.1, 0.15) is 0 Å². The number of anilines is 2. The minimum Gasteiger partial charge on any atom is -0.368 e. The largest absolute Gasteiger partial charge is 0.368 e. The summed E-state index contributed by atoms with van der Waals surface area (Å²) >= 11 is 0. The normalized spacial score (nSPS) is 16.2. The van der Waals surface area contributed by atoms with Crippen molar-refractivity contribution in [1.29, 1.82) is 0 Å². The van der Waals surface area contributed by atoms with E-state index in [-0.39, 0.29) is 23.1 Å². The molecule has 5 nitrogen and oxygen atoms in total. The van der Waals surface area contributed by atoms with Crippen LogP contribution in [0, 0.1) is 17.3 Å². The lowest BCUT2D eigenvalue weighted by Gasteiger charge is -2.37. The summed E-state index contributed by atoms with van der Waals surface area (Å²) in [7, 11) is 0. The Kier molecular flexibility index (Phi) is 7.50. The smallest absolute Gasteiger partial charge is 0.226 e. The Morgan fingerprint density at radius 3 is 2.07 bits per heavy atom. The van der Waals surface area contributed by atoms with Gasteiger partial charge in [-0.2, -0.15) is 0 Å². The van der Waals surface area contributed by atoms with Crippen LogP contribution in [0.1, 0.15) is 54.4 Å². The number of nitrogens with zero attached hydrogens (tertiary/aromatic N) is 2. The number of carbonyl (C=O) groups is 2. The Morgan fingerprint density at radius 1 is 1.00 bits per heavy atom. The van der Waals surface area contributed by atoms with Crippen LogP contribution < -0.4 is 10.2 Å². The summed E-state index contributed by atoms with van der Waals surface area (Å²) in [6, 6.07) is 7.97. The van der Waals surface area contributed by atoms with Crippen molar-refractivity contribution in [2.45, 2.75) is 54.4 Å². The summed E-state index contributed by atoms with van der Waals surface area (Å²) in [4.78, 5) is 28.7. The zero-order valence-electron chi connectivity index (χ0n) is 18.4. The van der Waals surface area contributed by atoms with Crippen molar-refractivity contribution in [3.63, 3.8) is 0 Å². The molecule has 0 aromatic heterocycles. The predicted octanol–water partition coefficient (Wildman–Crippen LogP) is 4.39. The molecule has 1 aromatic rings. The van der Waals surface area contributed by atoms with E-state index < -0.39 is 0 Å². The van der Waals surface area contributed by atoms with Gasteiger partial charge in [-0.05, 0) is 42.0 Å². The highest BCUT2D eigenvalue weighted by molar-refractivity contribution is 5.92. The molecule has 0 saturated carbocycles. The second kappa shape index (κ2) is 9.44. The standard InChI is InChI=1S/C23H37N3O2/c1-17(2)22(28)24-19-7-9-20(10-8-19)25-11-13-26(14-12-25)21(27)15-18(3)16-23(4,5)6/h7-10,17-18H,11-16H2,1-6H3,(H,24,28)/t18-/m1/s1. The average Bonchev–Trinajstić information content (AvgIpc) is 2.60. The van der Waals surface area contributed by atoms with Crippen LogP contribution >= 0.6 is 0 Å². The molecule has 1 N–H and O–H groups in total. The number of benzene rings is 1. The molecule has 156 valence electrons. The number of amides is 2. The van der Waals surface area contributed by atoms with Gasteiger partial charge >= 0.3 is 0 Å². The van der Waals surface area contributed by atoms with Crippen molar-refractivity contribution in [2.75, 3.05) is 36.4 Å². The number of carbonyl (C=O) groups excluding carboxylic acids is 2. The van der Waals surface area contributed by atoms with E-state index in [9.17, 15) is 9.59 Å². The summed E-state index contributed by atoms with van der Waals surface area (Å²) in [6.07, 6.45) is 1.71. The highest BCUT2D eigenvalue weighted by Gasteiger charge is 2.24. The Labute approximate surface area is 170 Å². The maximum absolute atomic E-state index is 12.6. The molecule has 1 aliphatic rings. The lowest BCUT2D eigenvalue weighted by atomic mass is 9.84. The highest BCUT2D eigenvalue weighted by atomic mass is 16.2. The number of nitrogens with one attached hydrogen (secondary N) is 1. The third kappa shape index (κ3) is 6.84. The SMILES string of the molecule is CC(C)C(=O)Nc1ccc(N2CCN(C(=O)C[C@@H](C)CC(C)(C)C)CC2)cc1. The molecule has 1 atom stereocenters. The third-order valence-corrected chi connectivity index (χ3v) is 5.14. The summed E-state index contributed by atoms with van der Waals surface area (Å²) in [5.41, 5.74) is 2.22. The summed E-state index contributed by atoms with van der Waals surface area (Å²) in [5.74, 6) is 0.694. The number of hydrogen-bond donors (Lipinski definition) is 1. The summed E-state index contributed by atoms with van der Waals surface area (Å²) in [5, 5.41) is 2.92. The second-order valence-electron chi connectivity index (χ2n) is 9.63. The van der Waals surface area contributed by atoms with Gasteiger partial charge in [0.15, 0.2) is 0 Å². The molecule has 1 aliphatic heterocycles. The third-order valence-electron chi connectivity index (χ3n) is 5.14. The Bertz CT molecular complexity index is 653. The molecular weight excluding hydrogens is 350 g/mol. The molecule has 1 heterocycles. The van der Waals surface area contributed by atoms with E-state index in [0.29, 0.717) is 12.3 Å². The molecule has 1 saturated heterocycles. The van der Waals surface area contributed by atoms with Crippen molar-refractivity contribution in [3.05, 3.63) is 24.3 Å². The van der Waals surface area contributed by atoms with Crippen LogP contribution in [0.15, 0.2) is 24.3 Å². The Balaban J connectivity index is 1.83. The van der Waals surface area contributed by atoms with Gasteiger partial charge in [0, 0.05) is 49.9 Å². The summed E-state index contributed by atoms with van der Waals surface area (Å²) < 4.78 is 0. The van der Waals surface area contributed by atoms with Gasteiger partial charge in [-0.15, -0.1) is 0 Å². The zero-order valence-corrected chi connectivity index (χ0v) is 18.4. The minimum absolute atomic E-state index is 0.0283. The zero-order chi connectivity index (χ0) is 20.9. The minimum atomic E-state index is -0.0311. The topological polar surface area (TPSA) is 52.7 Å². The first-order valence-electron chi connectivity index (χ1n) is 10.5. The van der Waals surface area contributed by atoms with Crippen molar-refractivity contribution >= 4 is 23.2 Å². The van der Waals surface area contributed by atoms with E-state index in [4.69, 9.17) is 0 Å². The van der Waals surface area contributed by atoms with E-state index >= 15 is 0 Å². The molecule has 1 fully saturated rings. The van der Waals surface area contributed by atoms with Crippen molar-refractivity contribution in [3.8, 4) is 0 Å². The molecule has 2 rings (SSSR count). The number of rotatable bonds is 6. The van der Waals surface area contributed by atoms with Gasteiger partial charge in [-0.25, -0.2) is 0 Å². The highest BCUT2D eigenvalue weighted by Crippen LogP contribution is 2.27. The lowest BCUT2D eigenvalue weighted by Crippen LogP contribution is -2.49. The van der Waals surface area contributed by atoms with Gasteiger partial charge in [0.05, 0.1) is 0 Å². The van der Waals surface area contributed by atoms with Crippen LogP contribution in [0.3, 0.4) is 0 Å². The fraction of sp³-hybridized carbons (Fsp3) is 0.652. The predicted molar refractivity (Wildman–Crippen MR) is 117 cm³/mol. The molecule has 28 heavy (non-hydrogen) atoms. The van der Waals surface area contributed by atoms with Crippen LogP contribution in [0.4, 0.5) is 11.4 Å². The van der Waals surface area contributed by atoms with E-state index in [1.165, 1.54) is 0 Å². The van der Waals surface area contributed by atoms with Crippen LogP contribution in [0.5, 0.6) is 0 Å². The molecule has 2 amide bonds. The van der Waals surface area contributed by atoms with Crippen LogP contribution in [-0.4, -0.2) is 42.9 Å². The van der Waals surface area contributed by atoms with Crippen molar-refractivity contribution in [2.24, 2.45) is 17.3 Å². The molecule has 0 spiro atoms. The van der Waals surface area contributed by atoms with E-state index in [1.807, 2.05) is 43.0 Å². The monoisotopic (exact) mass is 387 g/mol. The van der Waals surface area contributed by atoms with Crippen LogP contribution in [0.2, 0.25) is 0 Å². The summed E-state index contributed by atoms with van der Waals surface area (Å²) in [6.45, 7) is 15.9. The lowest BCUT2D eigenvalue weighted by molar-refractivity contribution is -0.132. The fourth-order valence-corrected chi connectivity index (χ4v) is 3.80. The van der Waals surface area contributed by atoms with E-state index in [0.717, 1.165) is 44.0 Å². The second-order valence-corrected chi connectivity index (χ2v) is 9.63. The number of piperazine rings is 1. The molecule has 1 aromatic carbocycles. The molecule has 5 heteroatoms. The van der Waals surface area contributed by atoms with Gasteiger partial charge < -0.3 is 15.1 Å². The Morgan fingerprint density at radius 2 is 1.57 bits per heavy atom. The van der Waals surface area contributed by atoms with E-state index in [1.54, 1.807) is 0 Å². The maximum Gasteiger partial charge on any atom is 0.226 e.